The molecule has 0 radical (unpaired) electrons. The summed E-state index contributed by atoms with van der Waals surface area (Å²) in [6.07, 6.45) is 3.42. The van der Waals surface area contributed by atoms with Crippen LogP contribution in [0.4, 0.5) is 0 Å². The zero-order chi connectivity index (χ0) is 15.9. The highest BCUT2D eigenvalue weighted by atomic mass is 32.1. The van der Waals surface area contributed by atoms with Gasteiger partial charge in [-0.2, -0.15) is 0 Å². The lowest BCUT2D eigenvalue weighted by Crippen LogP contribution is -2.36. The SMILES string of the molecule is CCC(CC)(CNCCOC)Cc1nc(C(C)(C)C)cs1. The first-order chi connectivity index (χ1) is 9.87. The summed E-state index contributed by atoms with van der Waals surface area (Å²) in [5.74, 6) is 0. The van der Waals surface area contributed by atoms with E-state index in [9.17, 15) is 0 Å². The highest BCUT2D eigenvalue weighted by Gasteiger charge is 2.28. The minimum Gasteiger partial charge on any atom is -0.383 e. The molecule has 4 heteroatoms. The maximum atomic E-state index is 5.11. The van der Waals surface area contributed by atoms with Gasteiger partial charge in [-0.05, 0) is 18.3 Å². The second-order valence-electron chi connectivity index (χ2n) is 6.93. The van der Waals surface area contributed by atoms with Gasteiger partial charge in [0.1, 0.15) is 0 Å². The molecule has 3 nitrogen and oxygen atoms in total. The number of nitrogens with zero attached hydrogens (tertiary/aromatic N) is 1. The molecule has 1 heterocycles. The molecule has 1 aromatic heterocycles. The first-order valence-corrected chi connectivity index (χ1v) is 8.89. The van der Waals surface area contributed by atoms with Crippen molar-refractivity contribution in [2.24, 2.45) is 5.41 Å². The summed E-state index contributed by atoms with van der Waals surface area (Å²) in [6, 6.07) is 0. The zero-order valence-electron chi connectivity index (χ0n) is 14.6. The molecule has 0 spiro atoms. The fourth-order valence-electron chi connectivity index (χ4n) is 2.40. The predicted molar refractivity (Wildman–Crippen MR) is 92.3 cm³/mol. The molecule has 0 unspecified atom stereocenters. The standard InChI is InChI=1S/C17H32N2OS/c1-7-17(8-2,13-18-9-10-20-6)11-15-19-14(12-21-15)16(3,4)5/h12,18H,7-11,13H2,1-6H3. The second kappa shape index (κ2) is 8.25. The summed E-state index contributed by atoms with van der Waals surface area (Å²) in [5, 5.41) is 7.04. The number of nitrogens with one attached hydrogen (secondary N) is 1. The highest BCUT2D eigenvalue weighted by Crippen LogP contribution is 2.33. The third-order valence-corrected chi connectivity index (χ3v) is 5.18. The third kappa shape index (κ3) is 5.68. The van der Waals surface area contributed by atoms with Gasteiger partial charge >= 0.3 is 0 Å². The van der Waals surface area contributed by atoms with Crippen LogP contribution in [0, 0.1) is 5.41 Å². The van der Waals surface area contributed by atoms with Gasteiger partial charge in [-0.3, -0.25) is 0 Å². The smallest absolute Gasteiger partial charge is 0.0934 e. The summed E-state index contributed by atoms with van der Waals surface area (Å²) in [6.45, 7) is 14.0. The molecule has 0 aromatic carbocycles. The van der Waals surface area contributed by atoms with E-state index in [-0.39, 0.29) is 5.41 Å². The fourth-order valence-corrected chi connectivity index (χ4v) is 3.59. The van der Waals surface area contributed by atoms with Crippen LogP contribution in [-0.4, -0.2) is 31.8 Å². The van der Waals surface area contributed by atoms with E-state index in [1.807, 2.05) is 11.3 Å². The summed E-state index contributed by atoms with van der Waals surface area (Å²) < 4.78 is 5.11. The van der Waals surface area contributed by atoms with E-state index in [0.717, 1.165) is 26.1 Å². The Morgan fingerprint density at radius 2 is 1.90 bits per heavy atom. The molecular formula is C17H32N2OS. The van der Waals surface area contributed by atoms with Crippen LogP contribution < -0.4 is 5.32 Å². The summed E-state index contributed by atoms with van der Waals surface area (Å²) >= 11 is 1.81. The van der Waals surface area contributed by atoms with E-state index in [1.165, 1.54) is 23.5 Å². The molecule has 1 aromatic rings. The minimum absolute atomic E-state index is 0.145. The molecule has 0 bridgehead atoms. The van der Waals surface area contributed by atoms with Crippen molar-refractivity contribution in [1.82, 2.24) is 10.3 Å². The van der Waals surface area contributed by atoms with Crippen molar-refractivity contribution in [3.8, 4) is 0 Å². The lowest BCUT2D eigenvalue weighted by atomic mass is 9.79. The maximum absolute atomic E-state index is 5.11. The number of ether oxygens (including phenoxy) is 1. The normalized spacial score (nSPS) is 12.9. The van der Waals surface area contributed by atoms with Crippen LogP contribution in [0.25, 0.3) is 0 Å². The Hall–Kier alpha value is -0.450. The van der Waals surface area contributed by atoms with Crippen molar-refractivity contribution in [2.75, 3.05) is 26.8 Å². The van der Waals surface area contributed by atoms with Crippen LogP contribution >= 0.6 is 11.3 Å². The summed E-state index contributed by atoms with van der Waals surface area (Å²) in [7, 11) is 1.75. The summed E-state index contributed by atoms with van der Waals surface area (Å²) in [4.78, 5) is 4.87. The van der Waals surface area contributed by atoms with Crippen molar-refractivity contribution >= 4 is 11.3 Å². The zero-order valence-corrected chi connectivity index (χ0v) is 15.4. The van der Waals surface area contributed by atoms with Crippen molar-refractivity contribution in [2.45, 2.75) is 59.3 Å². The van der Waals surface area contributed by atoms with Gasteiger partial charge in [-0.1, -0.05) is 34.6 Å². The van der Waals surface area contributed by atoms with E-state index in [2.05, 4.69) is 45.3 Å². The Morgan fingerprint density at radius 1 is 1.24 bits per heavy atom. The van der Waals surface area contributed by atoms with Crippen LogP contribution in [0.1, 0.15) is 58.2 Å². The van der Waals surface area contributed by atoms with Crippen molar-refractivity contribution in [3.63, 3.8) is 0 Å². The van der Waals surface area contributed by atoms with Gasteiger partial charge in [0, 0.05) is 37.4 Å². The van der Waals surface area contributed by atoms with Gasteiger partial charge < -0.3 is 10.1 Å². The Labute approximate surface area is 134 Å². The van der Waals surface area contributed by atoms with E-state index in [4.69, 9.17) is 9.72 Å². The quantitative estimate of drug-likeness (QED) is 0.699. The first-order valence-electron chi connectivity index (χ1n) is 8.01. The molecule has 0 saturated heterocycles. The Bertz CT molecular complexity index is 405. The van der Waals surface area contributed by atoms with Crippen molar-refractivity contribution in [3.05, 3.63) is 16.1 Å². The second-order valence-corrected chi connectivity index (χ2v) is 7.87. The van der Waals surface area contributed by atoms with Crippen LogP contribution in [-0.2, 0) is 16.6 Å². The first kappa shape index (κ1) is 18.6. The Morgan fingerprint density at radius 3 is 2.38 bits per heavy atom. The average molecular weight is 313 g/mol. The number of rotatable bonds is 9. The van der Waals surface area contributed by atoms with Gasteiger partial charge in [0.2, 0.25) is 0 Å². The maximum Gasteiger partial charge on any atom is 0.0934 e. The Kier molecular flexibility index (Phi) is 7.31. The third-order valence-electron chi connectivity index (χ3n) is 4.33. The number of hydrogen-bond donors (Lipinski definition) is 1. The monoisotopic (exact) mass is 312 g/mol. The fraction of sp³-hybridized carbons (Fsp3) is 0.824. The van der Waals surface area contributed by atoms with E-state index < -0.39 is 0 Å². The average Bonchev–Trinajstić information content (AvgIpc) is 2.91. The number of hydrogen-bond acceptors (Lipinski definition) is 4. The van der Waals surface area contributed by atoms with Gasteiger partial charge in [0.15, 0.2) is 0 Å². The molecule has 0 amide bonds. The van der Waals surface area contributed by atoms with Gasteiger partial charge in [0.05, 0.1) is 17.3 Å². The molecular weight excluding hydrogens is 280 g/mol. The van der Waals surface area contributed by atoms with Crippen LogP contribution in [0.3, 0.4) is 0 Å². The molecule has 0 aliphatic carbocycles. The molecule has 0 saturated carbocycles. The number of thiazole rings is 1. The molecule has 1 N–H and O–H groups in total. The number of aromatic nitrogens is 1. The largest absolute Gasteiger partial charge is 0.383 e. The van der Waals surface area contributed by atoms with Crippen molar-refractivity contribution < 1.29 is 4.74 Å². The van der Waals surface area contributed by atoms with Crippen molar-refractivity contribution in [1.29, 1.82) is 0 Å². The van der Waals surface area contributed by atoms with Crippen LogP contribution in [0.5, 0.6) is 0 Å². The van der Waals surface area contributed by atoms with Gasteiger partial charge in [-0.25, -0.2) is 4.98 Å². The molecule has 0 aliphatic rings. The highest BCUT2D eigenvalue weighted by molar-refractivity contribution is 7.09. The van der Waals surface area contributed by atoms with Gasteiger partial charge in [-0.15, -0.1) is 11.3 Å². The van der Waals surface area contributed by atoms with Crippen LogP contribution in [0.15, 0.2) is 5.38 Å². The molecule has 0 aliphatic heterocycles. The number of methoxy groups -OCH3 is 1. The van der Waals surface area contributed by atoms with E-state index in [1.54, 1.807) is 7.11 Å². The summed E-state index contributed by atoms with van der Waals surface area (Å²) in [5.41, 5.74) is 1.67. The lowest BCUT2D eigenvalue weighted by molar-refractivity contribution is 0.185. The van der Waals surface area contributed by atoms with Crippen LogP contribution in [0.2, 0.25) is 0 Å². The van der Waals surface area contributed by atoms with Gasteiger partial charge in [0.25, 0.3) is 0 Å². The predicted octanol–water partition coefficient (Wildman–Crippen LogP) is 4.03. The topological polar surface area (TPSA) is 34.1 Å². The molecule has 122 valence electrons. The minimum atomic E-state index is 0.145. The van der Waals surface area contributed by atoms with E-state index in [0.29, 0.717) is 5.41 Å². The molecule has 0 atom stereocenters. The van der Waals surface area contributed by atoms with E-state index >= 15 is 0 Å². The lowest BCUT2D eigenvalue weighted by Gasteiger charge is -2.31. The molecule has 0 fully saturated rings. The molecule has 21 heavy (non-hydrogen) atoms. The molecule has 1 rings (SSSR count). The Balaban J connectivity index is 2.70.